The van der Waals surface area contributed by atoms with Crippen LogP contribution in [0, 0.1) is 0 Å². The highest BCUT2D eigenvalue weighted by Crippen LogP contribution is 2.66. The fourth-order valence-electron chi connectivity index (χ4n) is 3.61. The molecule has 4 heterocycles. The lowest BCUT2D eigenvalue weighted by Crippen LogP contribution is -2.31. The maximum absolute atomic E-state index is 12.9. The number of carbonyl (C=O) groups excluding carboxylic acids is 1. The number of hydrogen-bond donors (Lipinski definition) is 6. The fourth-order valence-corrected chi connectivity index (χ4v) is 6.64. The molecule has 26 heteroatoms. The quantitative estimate of drug-likeness (QED) is 0.0524. The van der Waals surface area contributed by atoms with Crippen LogP contribution in [0.2, 0.25) is 0 Å². The van der Waals surface area contributed by atoms with Crippen molar-refractivity contribution >= 4 is 46.4 Å². The van der Waals surface area contributed by atoms with Crippen LogP contribution >= 0.6 is 23.5 Å². The van der Waals surface area contributed by atoms with E-state index in [1.54, 1.807) is 0 Å². The summed E-state index contributed by atoms with van der Waals surface area (Å²) in [6, 6.07) is 0. The van der Waals surface area contributed by atoms with Gasteiger partial charge in [-0.15, -0.1) is 0 Å². The normalized spacial score (nSPS) is 22.1. The number of imidazole rings is 2. The molecule has 0 radical (unpaired) electrons. The van der Waals surface area contributed by atoms with E-state index in [2.05, 4.69) is 48.1 Å². The Bertz CT molecular complexity index is 1630. The number of anilines is 1. The second-order valence-corrected chi connectivity index (χ2v) is 12.3. The number of esters is 1. The van der Waals surface area contributed by atoms with E-state index in [0.717, 1.165) is 6.33 Å². The Morgan fingerprint density at radius 3 is 2.66 bits per heavy atom. The van der Waals surface area contributed by atoms with Crippen LogP contribution in [-0.4, -0.2) is 73.8 Å². The van der Waals surface area contributed by atoms with E-state index in [1.807, 2.05) is 0 Å². The Morgan fingerprint density at radius 1 is 1.20 bits per heavy atom. The van der Waals surface area contributed by atoms with Crippen molar-refractivity contribution in [2.45, 2.75) is 31.4 Å². The third-order valence-corrected chi connectivity index (χ3v) is 8.96. The number of nitrogens with zero attached hydrogens (tertiary/aromatic N) is 8. The second kappa shape index (κ2) is 11.9. The minimum absolute atomic E-state index is 0.0563. The van der Waals surface area contributed by atoms with E-state index in [4.69, 9.17) is 30.5 Å². The van der Waals surface area contributed by atoms with Crippen molar-refractivity contribution in [3.05, 3.63) is 40.8 Å². The number of ether oxygens (including phenoxy) is 2. The van der Waals surface area contributed by atoms with Crippen molar-refractivity contribution in [3.8, 4) is 0 Å². The van der Waals surface area contributed by atoms with Gasteiger partial charge in [0.1, 0.15) is 36.0 Å². The van der Waals surface area contributed by atoms with E-state index < -0.39 is 54.5 Å². The van der Waals surface area contributed by atoms with Gasteiger partial charge in [-0.3, -0.25) is 9.09 Å². The number of aromatic amines is 1. The van der Waals surface area contributed by atoms with Gasteiger partial charge in [-0.25, -0.2) is 38.4 Å². The summed E-state index contributed by atoms with van der Waals surface area (Å²) in [4.78, 5) is 70.5. The molecule has 41 heavy (non-hydrogen) atoms. The van der Waals surface area contributed by atoms with E-state index in [1.165, 1.54) is 17.2 Å². The molecule has 3 aromatic rings. The van der Waals surface area contributed by atoms with Crippen LogP contribution in [0.4, 0.5) is 5.82 Å². The molecule has 1 saturated heterocycles. The molecule has 3 aromatic heterocycles. The zero-order valence-corrected chi connectivity index (χ0v) is 22.7. The van der Waals surface area contributed by atoms with Gasteiger partial charge in [0, 0.05) is 11.3 Å². The molecule has 0 aromatic carbocycles. The Morgan fingerprint density at radius 2 is 1.95 bits per heavy atom. The molecule has 0 bridgehead atoms. The number of azide groups is 1. The molecule has 7 N–H and O–H groups in total. The highest BCUT2D eigenvalue weighted by atomic mass is 31.3. The summed E-state index contributed by atoms with van der Waals surface area (Å²) in [6.45, 7) is -1.21. The third kappa shape index (κ3) is 7.72. The van der Waals surface area contributed by atoms with Crippen molar-refractivity contribution < 1.29 is 60.7 Å². The number of phosphoric acid groups is 3. The minimum Gasteiger partial charge on any atom is -0.455 e. The van der Waals surface area contributed by atoms with Crippen LogP contribution in [0.5, 0.6) is 0 Å². The molecule has 1 aliphatic rings. The molecule has 0 amide bonds. The van der Waals surface area contributed by atoms with E-state index in [-0.39, 0.29) is 41.3 Å². The Labute approximate surface area is 226 Å². The van der Waals surface area contributed by atoms with E-state index >= 15 is 0 Å². The van der Waals surface area contributed by atoms with Crippen molar-refractivity contribution in [1.82, 2.24) is 29.5 Å². The standard InChI is InChI=1S/C15H19N10O13P3/c16-13-12-14(21-5-20-13)25(6-22-12)10-1-8(36-15(26)11-7(2-23-24-17)18-4-19-11)9(35-10)3-34-40(30,31)38-41(32,33)37-39(27,28)29/h4-6,8-10H,1-3H2,(H,18,19)(H,30,31)(H,32,33)(H2,16,20,21)(H2,27,28,29)/t8?,9-,10-/m1/s1. The van der Waals surface area contributed by atoms with Gasteiger partial charge in [0.2, 0.25) is 0 Å². The van der Waals surface area contributed by atoms with Crippen LogP contribution < -0.4 is 5.73 Å². The van der Waals surface area contributed by atoms with Gasteiger partial charge in [-0.1, -0.05) is 5.11 Å². The third-order valence-electron chi connectivity index (χ3n) is 5.16. The summed E-state index contributed by atoms with van der Waals surface area (Å²) in [5, 5.41) is 3.33. The van der Waals surface area contributed by atoms with E-state index in [9.17, 15) is 28.3 Å². The lowest BCUT2D eigenvalue weighted by Gasteiger charge is -2.21. The molecule has 0 spiro atoms. The zero-order valence-electron chi connectivity index (χ0n) is 20.0. The molecule has 222 valence electrons. The van der Waals surface area contributed by atoms with Crippen molar-refractivity contribution in [1.29, 1.82) is 0 Å². The minimum atomic E-state index is -5.78. The number of rotatable bonds is 12. The maximum Gasteiger partial charge on any atom is 0.490 e. The first-order valence-corrected chi connectivity index (χ1v) is 15.3. The molecule has 23 nitrogen and oxygen atoms in total. The van der Waals surface area contributed by atoms with Crippen molar-refractivity contribution in [2.75, 3.05) is 12.3 Å². The lowest BCUT2D eigenvalue weighted by molar-refractivity contribution is -0.0491. The summed E-state index contributed by atoms with van der Waals surface area (Å²) >= 11 is 0. The van der Waals surface area contributed by atoms with Gasteiger partial charge in [0.25, 0.3) is 0 Å². The van der Waals surface area contributed by atoms with Crippen LogP contribution in [0.3, 0.4) is 0 Å². The molecule has 4 rings (SSSR count). The van der Waals surface area contributed by atoms with Gasteiger partial charge in [-0.2, -0.15) is 8.62 Å². The predicted molar refractivity (Wildman–Crippen MR) is 129 cm³/mol. The first-order valence-electron chi connectivity index (χ1n) is 10.8. The Balaban J connectivity index is 1.55. The zero-order chi connectivity index (χ0) is 30.0. The molecule has 5 atom stereocenters. The predicted octanol–water partition coefficient (Wildman–Crippen LogP) is 0.798. The van der Waals surface area contributed by atoms with Crippen LogP contribution in [0.15, 0.2) is 24.1 Å². The number of nitrogens with two attached hydrogens (primary N) is 1. The second-order valence-electron chi connectivity index (χ2n) is 7.89. The molecular formula is C15H19N10O13P3. The topological polar surface area (TPSA) is 342 Å². The summed E-state index contributed by atoms with van der Waals surface area (Å²) in [7, 11) is -16.9. The average Bonchev–Trinajstić information content (AvgIpc) is 3.58. The Kier molecular flexibility index (Phi) is 8.90. The number of phosphoric ester groups is 1. The van der Waals surface area contributed by atoms with Gasteiger partial charge in [0.05, 0.1) is 31.5 Å². The number of fused-ring (bicyclic) bond motifs is 1. The van der Waals surface area contributed by atoms with Gasteiger partial charge in [0.15, 0.2) is 11.5 Å². The molecular weight excluding hydrogens is 621 g/mol. The molecule has 1 fully saturated rings. The number of aromatic nitrogens is 6. The lowest BCUT2D eigenvalue weighted by atomic mass is 10.2. The highest BCUT2D eigenvalue weighted by molar-refractivity contribution is 7.66. The van der Waals surface area contributed by atoms with Crippen molar-refractivity contribution in [2.24, 2.45) is 5.11 Å². The Hall–Kier alpha value is -3.29. The smallest absolute Gasteiger partial charge is 0.455 e. The molecule has 1 aliphatic heterocycles. The molecule has 0 aliphatic carbocycles. The maximum atomic E-state index is 12.9. The van der Waals surface area contributed by atoms with Gasteiger partial charge >= 0.3 is 29.4 Å². The number of nitrogens with one attached hydrogen (secondary N) is 1. The largest absolute Gasteiger partial charge is 0.490 e. The average molecular weight is 640 g/mol. The molecule has 0 saturated carbocycles. The van der Waals surface area contributed by atoms with E-state index in [0.29, 0.717) is 0 Å². The highest BCUT2D eigenvalue weighted by Gasteiger charge is 2.44. The number of hydrogen-bond acceptors (Lipinski definition) is 15. The summed E-state index contributed by atoms with van der Waals surface area (Å²) in [6.07, 6.45) is -0.0607. The first kappa shape index (κ1) is 30.7. The molecule has 3 unspecified atom stereocenters. The van der Waals surface area contributed by atoms with Gasteiger partial charge < -0.3 is 39.8 Å². The van der Waals surface area contributed by atoms with Crippen LogP contribution in [0.1, 0.15) is 28.8 Å². The van der Waals surface area contributed by atoms with Gasteiger partial charge in [-0.05, 0) is 5.53 Å². The number of H-pyrrole nitrogens is 1. The van der Waals surface area contributed by atoms with Crippen LogP contribution in [0.25, 0.3) is 21.6 Å². The fraction of sp³-hybridized carbons (Fsp3) is 0.400. The van der Waals surface area contributed by atoms with Crippen LogP contribution in [-0.2, 0) is 42.9 Å². The monoisotopic (exact) mass is 640 g/mol. The summed E-state index contributed by atoms with van der Waals surface area (Å²) < 4.78 is 59.5. The summed E-state index contributed by atoms with van der Waals surface area (Å²) in [5.41, 5.74) is 14.7. The number of nitrogen functional groups attached to an aromatic ring is 1. The number of carbonyl (C=O) groups is 1. The van der Waals surface area contributed by atoms with Crippen molar-refractivity contribution in [3.63, 3.8) is 0 Å². The SMILES string of the molecule is [N-]=[N+]=NCc1nc[nH]c1C(=O)OC1C[C@H](n2cnc3c(N)ncnc32)O[C@@H]1COP(=O)(O)OP(=O)(O)OP(=O)(O)O. The summed E-state index contributed by atoms with van der Waals surface area (Å²) in [5.74, 6) is -0.920. The first-order chi connectivity index (χ1) is 19.2.